The Labute approximate surface area is 431 Å². The van der Waals surface area contributed by atoms with Gasteiger partial charge in [-0.3, -0.25) is 0 Å². The maximum Gasteiger partial charge on any atom is 0.0654 e. The standard InChI is InChI=1S/C70H54N4/c1-43-37-39-55(45(3)41-43)71(49-25-13-7-14-26-49)57-33-19-35-59-63(57)51-29-17-31-53-65-62(48-23-11-6-12-24-48)70-66(61(47-21-9-5-10-22-47)69(65)73(59)67(51)53)54-32-18-30-52-64-58(34-20-36-60(64)74(70)68(52)54)72(50-27-15-8-16-28-50)56-40-38-44(2)42-46(56)4/h5-15,17-27,29-34,36-42,59H,16,28,35H2,1-4H3. The summed E-state index contributed by atoms with van der Waals surface area (Å²) in [6, 6.07) is 68.6. The molecule has 12 aromatic rings. The Bertz CT molecular complexity index is 4430. The molecule has 1 unspecified atom stereocenters. The summed E-state index contributed by atoms with van der Waals surface area (Å²) in [7, 11) is 0. The summed E-state index contributed by atoms with van der Waals surface area (Å²) in [5, 5.41) is 7.72. The lowest BCUT2D eigenvalue weighted by molar-refractivity contribution is 0.680. The van der Waals surface area contributed by atoms with Crippen LogP contribution >= 0.6 is 0 Å². The molecule has 9 aromatic carbocycles. The van der Waals surface area contributed by atoms with Gasteiger partial charge in [0.1, 0.15) is 0 Å². The lowest BCUT2D eigenvalue weighted by atomic mass is 9.87. The van der Waals surface area contributed by atoms with Crippen molar-refractivity contribution in [1.29, 1.82) is 0 Å². The van der Waals surface area contributed by atoms with Gasteiger partial charge in [-0.2, -0.15) is 0 Å². The third-order valence-electron chi connectivity index (χ3n) is 16.5. The van der Waals surface area contributed by atoms with E-state index in [4.69, 9.17) is 0 Å². The Kier molecular flexibility index (Phi) is 9.44. The molecule has 3 aromatic heterocycles. The predicted molar refractivity (Wildman–Crippen MR) is 314 cm³/mol. The smallest absolute Gasteiger partial charge is 0.0654 e. The monoisotopic (exact) mass is 950 g/mol. The molecule has 4 heteroatoms. The molecule has 4 nitrogen and oxygen atoms in total. The second kappa shape index (κ2) is 16.3. The number of anilines is 4. The first kappa shape index (κ1) is 42.8. The van der Waals surface area contributed by atoms with Crippen LogP contribution in [-0.4, -0.2) is 8.97 Å². The summed E-state index contributed by atoms with van der Waals surface area (Å²) >= 11 is 0. The van der Waals surface area contributed by atoms with Gasteiger partial charge in [0.2, 0.25) is 0 Å². The number of para-hydroxylation sites is 3. The number of hydrogen-bond donors (Lipinski definition) is 0. The molecule has 15 rings (SSSR count). The van der Waals surface area contributed by atoms with Crippen LogP contribution in [0.2, 0.25) is 0 Å². The van der Waals surface area contributed by atoms with E-state index in [2.05, 4.69) is 259 Å². The number of benzene rings is 9. The van der Waals surface area contributed by atoms with Gasteiger partial charge in [0.05, 0.1) is 45.0 Å². The first-order valence-electron chi connectivity index (χ1n) is 26.4. The average Bonchev–Trinajstić information content (AvgIpc) is 4.27. The maximum absolute atomic E-state index is 2.77. The van der Waals surface area contributed by atoms with Crippen molar-refractivity contribution in [3.63, 3.8) is 0 Å². The van der Waals surface area contributed by atoms with E-state index >= 15 is 0 Å². The summed E-state index contributed by atoms with van der Waals surface area (Å²) in [6.07, 6.45) is 14.6. The van der Waals surface area contributed by atoms with Crippen LogP contribution in [0.25, 0.3) is 87.7 Å². The molecule has 0 N–H and O–H groups in total. The van der Waals surface area contributed by atoms with Crippen molar-refractivity contribution in [2.45, 2.75) is 53.0 Å². The molecule has 0 saturated heterocycles. The second-order valence-electron chi connectivity index (χ2n) is 20.9. The van der Waals surface area contributed by atoms with E-state index in [-0.39, 0.29) is 6.04 Å². The maximum atomic E-state index is 2.77. The summed E-state index contributed by atoms with van der Waals surface area (Å²) in [4.78, 5) is 5.08. The molecule has 354 valence electrons. The van der Waals surface area contributed by atoms with Crippen LogP contribution in [0.1, 0.15) is 53.1 Å². The highest BCUT2D eigenvalue weighted by atomic mass is 15.2. The average molecular weight is 951 g/mol. The van der Waals surface area contributed by atoms with Crippen molar-refractivity contribution in [3.05, 3.63) is 252 Å². The van der Waals surface area contributed by atoms with Crippen LogP contribution in [0.15, 0.2) is 224 Å². The second-order valence-corrected chi connectivity index (χ2v) is 20.9. The lowest BCUT2D eigenvalue weighted by Gasteiger charge is -2.33. The van der Waals surface area contributed by atoms with Crippen LogP contribution in [0.5, 0.6) is 0 Å². The highest BCUT2D eigenvalue weighted by Crippen LogP contribution is 2.59. The number of rotatable bonds is 8. The molecule has 74 heavy (non-hydrogen) atoms. The number of fused-ring (bicyclic) bond motifs is 12. The minimum Gasteiger partial charge on any atom is -0.331 e. The van der Waals surface area contributed by atoms with E-state index in [0.717, 1.165) is 24.9 Å². The molecular weight excluding hydrogens is 897 g/mol. The fourth-order valence-corrected chi connectivity index (χ4v) is 13.6. The van der Waals surface area contributed by atoms with Crippen LogP contribution in [0, 0.1) is 27.7 Å². The number of allylic oxidation sites excluding steroid dienone is 7. The third kappa shape index (κ3) is 6.03. The Morgan fingerprint density at radius 3 is 1.74 bits per heavy atom. The number of nitrogens with zero attached hydrogens (tertiary/aromatic N) is 4. The fourth-order valence-electron chi connectivity index (χ4n) is 13.6. The normalized spacial score (nSPS) is 15.2. The van der Waals surface area contributed by atoms with E-state index < -0.39 is 0 Å². The van der Waals surface area contributed by atoms with Crippen molar-refractivity contribution in [3.8, 4) is 22.3 Å². The van der Waals surface area contributed by atoms with Gasteiger partial charge in [-0.25, -0.2) is 0 Å². The predicted octanol–water partition coefficient (Wildman–Crippen LogP) is 18.9. The Morgan fingerprint density at radius 2 is 1.08 bits per heavy atom. The largest absolute Gasteiger partial charge is 0.331 e. The quantitative estimate of drug-likeness (QED) is 0.151. The van der Waals surface area contributed by atoms with Gasteiger partial charge in [-0.1, -0.05) is 175 Å². The van der Waals surface area contributed by atoms with Crippen LogP contribution in [0.3, 0.4) is 0 Å². The van der Waals surface area contributed by atoms with Gasteiger partial charge < -0.3 is 18.8 Å². The summed E-state index contributed by atoms with van der Waals surface area (Å²) in [5.74, 6) is 0. The summed E-state index contributed by atoms with van der Waals surface area (Å²) in [5.41, 5.74) is 26.5. The first-order chi connectivity index (χ1) is 36.4. The Hall–Kier alpha value is -8.86. The molecule has 4 heterocycles. The highest BCUT2D eigenvalue weighted by molar-refractivity contribution is 6.37. The van der Waals surface area contributed by atoms with Crippen molar-refractivity contribution in [1.82, 2.24) is 8.97 Å². The zero-order chi connectivity index (χ0) is 49.3. The molecule has 2 aliphatic carbocycles. The van der Waals surface area contributed by atoms with Gasteiger partial charge in [0.25, 0.3) is 0 Å². The van der Waals surface area contributed by atoms with Crippen LogP contribution in [-0.2, 0) is 0 Å². The minimum atomic E-state index is 0.0631. The van der Waals surface area contributed by atoms with Crippen molar-refractivity contribution < 1.29 is 0 Å². The molecule has 1 atom stereocenters. The van der Waals surface area contributed by atoms with E-state index in [0.29, 0.717) is 0 Å². The van der Waals surface area contributed by atoms with Crippen molar-refractivity contribution in [2.75, 3.05) is 9.80 Å². The van der Waals surface area contributed by atoms with E-state index in [1.54, 1.807) is 0 Å². The lowest BCUT2D eigenvalue weighted by Crippen LogP contribution is -2.21. The van der Waals surface area contributed by atoms with Gasteiger partial charge in [-0.05, 0) is 118 Å². The minimum absolute atomic E-state index is 0.0631. The Morgan fingerprint density at radius 1 is 0.486 bits per heavy atom. The number of aryl methyl sites for hydroxylation is 4. The van der Waals surface area contributed by atoms with Crippen LogP contribution in [0.4, 0.5) is 22.7 Å². The number of hydrogen-bond acceptors (Lipinski definition) is 2. The molecule has 0 radical (unpaired) electrons. The number of aromatic nitrogens is 2. The van der Waals surface area contributed by atoms with Gasteiger partial charge >= 0.3 is 0 Å². The van der Waals surface area contributed by atoms with Gasteiger partial charge in [-0.15, -0.1) is 0 Å². The molecule has 0 amide bonds. The van der Waals surface area contributed by atoms with Gasteiger partial charge in [0.15, 0.2) is 0 Å². The summed E-state index contributed by atoms with van der Waals surface area (Å²) in [6.45, 7) is 8.91. The molecule has 1 aliphatic heterocycles. The van der Waals surface area contributed by atoms with Crippen molar-refractivity contribution >= 4 is 88.2 Å². The van der Waals surface area contributed by atoms with Crippen molar-refractivity contribution in [2.24, 2.45) is 0 Å². The van der Waals surface area contributed by atoms with E-state index in [1.807, 2.05) is 0 Å². The molecule has 0 fully saturated rings. The van der Waals surface area contributed by atoms with E-state index in [9.17, 15) is 0 Å². The van der Waals surface area contributed by atoms with Crippen LogP contribution < -0.4 is 9.80 Å². The molecule has 0 bridgehead atoms. The van der Waals surface area contributed by atoms with E-state index in [1.165, 1.54) is 144 Å². The molecule has 0 spiro atoms. The summed E-state index contributed by atoms with van der Waals surface area (Å²) < 4.78 is 5.44. The molecule has 3 aliphatic rings. The zero-order valence-electron chi connectivity index (χ0n) is 42.2. The SMILES string of the molecule is Cc1ccc(N(C2=C3c4cccc5c6c(-c7ccccc7)c7c(c(-c8ccccc8)c6n(c45)C3CC=C2)c2cccc3c4c(N(C5=CC=CCC5)c5ccc(C)cc5C)cccc4n7c32)c2ccccc2)c(C)c1. The highest BCUT2D eigenvalue weighted by Gasteiger charge is 2.40. The van der Waals surface area contributed by atoms with Gasteiger partial charge in [0, 0.05) is 77.3 Å². The third-order valence-corrected chi connectivity index (χ3v) is 16.5. The topological polar surface area (TPSA) is 15.8 Å². The molecule has 0 saturated carbocycles. The fraction of sp³-hybridized carbons (Fsp3) is 0.114. The Balaban J connectivity index is 1.11. The molecular formula is C70H54N4. The zero-order valence-corrected chi connectivity index (χ0v) is 42.2. The first-order valence-corrected chi connectivity index (χ1v) is 26.4.